The normalized spacial score (nSPS) is 15.4. The summed E-state index contributed by atoms with van der Waals surface area (Å²) >= 11 is 0. The number of carbonyl (C=O) groups excluding carboxylic acids is 2. The molecular weight excluding hydrogens is 350 g/mol. The number of carbonyl (C=O) groups is 2. The summed E-state index contributed by atoms with van der Waals surface area (Å²) in [5, 5.41) is 3.06. The third-order valence-electron chi connectivity index (χ3n) is 5.65. The molecule has 5 nitrogen and oxygen atoms in total. The van der Waals surface area contributed by atoms with E-state index in [0.717, 1.165) is 76.1 Å². The lowest BCUT2D eigenvalue weighted by atomic mass is 9.98. The number of hydrogen-bond donors (Lipinski definition) is 1. The smallest absolute Gasteiger partial charge is 0.227 e. The Morgan fingerprint density at radius 1 is 0.964 bits per heavy atom. The van der Waals surface area contributed by atoms with Crippen LogP contribution in [0.4, 0.5) is 11.4 Å². The Bertz CT molecular complexity index is 607. The third-order valence-corrected chi connectivity index (χ3v) is 5.65. The lowest BCUT2D eigenvalue weighted by molar-refractivity contribution is -0.131. The highest BCUT2D eigenvalue weighted by Crippen LogP contribution is 2.21. The summed E-state index contributed by atoms with van der Waals surface area (Å²) in [6.07, 6.45) is 6.76. The van der Waals surface area contributed by atoms with E-state index >= 15 is 0 Å². The first-order valence-electron chi connectivity index (χ1n) is 11.0. The molecule has 1 aromatic carbocycles. The SMILES string of the molecule is CCCCC(=O)N1CCN(c2ccc(NC(=O)C(CC)CCCC)cc2)CC1. The van der Waals surface area contributed by atoms with Crippen LogP contribution in [0.1, 0.15) is 65.7 Å². The fourth-order valence-electron chi connectivity index (χ4n) is 3.67. The Balaban J connectivity index is 1.84. The van der Waals surface area contributed by atoms with Crippen LogP contribution in [0.5, 0.6) is 0 Å². The molecule has 0 aliphatic carbocycles. The minimum atomic E-state index is 0.0953. The van der Waals surface area contributed by atoms with Gasteiger partial charge in [-0.2, -0.15) is 0 Å². The average molecular weight is 388 g/mol. The number of piperazine rings is 1. The lowest BCUT2D eigenvalue weighted by Crippen LogP contribution is -2.48. The molecule has 1 fully saturated rings. The monoisotopic (exact) mass is 387 g/mol. The van der Waals surface area contributed by atoms with Crippen molar-refractivity contribution in [2.75, 3.05) is 36.4 Å². The minimum Gasteiger partial charge on any atom is -0.368 e. The maximum absolute atomic E-state index is 12.5. The van der Waals surface area contributed by atoms with Crippen molar-refractivity contribution in [2.45, 2.75) is 65.7 Å². The Kier molecular flexibility index (Phi) is 9.32. The minimum absolute atomic E-state index is 0.0953. The summed E-state index contributed by atoms with van der Waals surface area (Å²) in [7, 11) is 0. The first-order chi connectivity index (χ1) is 13.6. The van der Waals surface area contributed by atoms with Crippen LogP contribution in [0.15, 0.2) is 24.3 Å². The Labute approximate surface area is 170 Å². The van der Waals surface area contributed by atoms with Crippen molar-refractivity contribution in [3.8, 4) is 0 Å². The van der Waals surface area contributed by atoms with Gasteiger partial charge in [0.2, 0.25) is 11.8 Å². The van der Waals surface area contributed by atoms with Crippen molar-refractivity contribution in [2.24, 2.45) is 5.92 Å². The van der Waals surface area contributed by atoms with E-state index < -0.39 is 0 Å². The molecule has 0 saturated carbocycles. The van der Waals surface area contributed by atoms with Crippen LogP contribution in [-0.4, -0.2) is 42.9 Å². The quantitative estimate of drug-likeness (QED) is 0.634. The molecule has 0 bridgehead atoms. The summed E-state index contributed by atoms with van der Waals surface area (Å²) in [5.74, 6) is 0.508. The highest BCUT2D eigenvalue weighted by atomic mass is 16.2. The highest BCUT2D eigenvalue weighted by Gasteiger charge is 2.21. The zero-order valence-corrected chi connectivity index (χ0v) is 17.9. The second-order valence-electron chi connectivity index (χ2n) is 7.75. The van der Waals surface area contributed by atoms with Crippen molar-refractivity contribution < 1.29 is 9.59 Å². The van der Waals surface area contributed by atoms with Crippen molar-refractivity contribution in [3.05, 3.63) is 24.3 Å². The fourth-order valence-corrected chi connectivity index (χ4v) is 3.67. The van der Waals surface area contributed by atoms with Gasteiger partial charge in [-0.15, -0.1) is 0 Å². The summed E-state index contributed by atoms with van der Waals surface area (Å²) in [6, 6.07) is 8.10. The standard InChI is InChI=1S/C23H37N3O2/c1-4-7-9-19(6-3)23(28)24-20-11-13-21(14-12-20)25-15-17-26(18-16-25)22(27)10-8-5-2/h11-14,19H,4-10,15-18H2,1-3H3,(H,24,28). The summed E-state index contributed by atoms with van der Waals surface area (Å²) < 4.78 is 0. The van der Waals surface area contributed by atoms with Crippen LogP contribution in [0.25, 0.3) is 0 Å². The van der Waals surface area contributed by atoms with Gasteiger partial charge in [-0.3, -0.25) is 9.59 Å². The van der Waals surface area contributed by atoms with E-state index in [1.165, 1.54) is 0 Å². The molecule has 1 N–H and O–H groups in total. The molecule has 0 spiro atoms. The predicted octanol–water partition coefficient (Wildman–Crippen LogP) is 4.68. The number of unbranched alkanes of at least 4 members (excludes halogenated alkanes) is 2. The number of anilines is 2. The van der Waals surface area contributed by atoms with Gasteiger partial charge in [0.25, 0.3) is 0 Å². The molecule has 2 rings (SSSR count). The number of nitrogens with zero attached hydrogens (tertiary/aromatic N) is 2. The Morgan fingerprint density at radius 2 is 1.61 bits per heavy atom. The van der Waals surface area contributed by atoms with Gasteiger partial charge in [0.05, 0.1) is 0 Å². The van der Waals surface area contributed by atoms with E-state index in [4.69, 9.17) is 0 Å². The van der Waals surface area contributed by atoms with E-state index in [0.29, 0.717) is 6.42 Å². The first kappa shape index (κ1) is 22.3. The molecule has 1 atom stereocenters. The number of nitrogens with one attached hydrogen (secondary N) is 1. The lowest BCUT2D eigenvalue weighted by Gasteiger charge is -2.36. The van der Waals surface area contributed by atoms with Gasteiger partial charge in [-0.25, -0.2) is 0 Å². The van der Waals surface area contributed by atoms with E-state index in [1.54, 1.807) is 0 Å². The molecular formula is C23H37N3O2. The van der Waals surface area contributed by atoms with Crippen LogP contribution in [-0.2, 0) is 9.59 Å². The molecule has 1 unspecified atom stereocenters. The van der Waals surface area contributed by atoms with Gasteiger partial charge < -0.3 is 15.1 Å². The Hall–Kier alpha value is -2.04. The summed E-state index contributed by atoms with van der Waals surface area (Å²) in [4.78, 5) is 28.9. The second-order valence-corrected chi connectivity index (χ2v) is 7.75. The van der Waals surface area contributed by atoms with Crippen molar-refractivity contribution >= 4 is 23.2 Å². The van der Waals surface area contributed by atoms with Crippen molar-refractivity contribution in [1.82, 2.24) is 4.90 Å². The predicted molar refractivity (Wildman–Crippen MR) is 117 cm³/mol. The van der Waals surface area contributed by atoms with Crippen LogP contribution >= 0.6 is 0 Å². The van der Waals surface area contributed by atoms with Gasteiger partial charge in [0, 0.05) is 49.9 Å². The zero-order chi connectivity index (χ0) is 20.4. The molecule has 1 aliphatic rings. The van der Waals surface area contributed by atoms with Crippen LogP contribution in [0, 0.1) is 5.92 Å². The second kappa shape index (κ2) is 11.7. The van der Waals surface area contributed by atoms with Crippen LogP contribution < -0.4 is 10.2 Å². The molecule has 1 heterocycles. The summed E-state index contributed by atoms with van der Waals surface area (Å²) in [5.41, 5.74) is 2.01. The number of hydrogen-bond acceptors (Lipinski definition) is 3. The molecule has 1 aliphatic heterocycles. The van der Waals surface area contributed by atoms with E-state index in [1.807, 2.05) is 17.0 Å². The molecule has 0 aromatic heterocycles. The largest absolute Gasteiger partial charge is 0.368 e. The molecule has 28 heavy (non-hydrogen) atoms. The third kappa shape index (κ3) is 6.54. The molecule has 156 valence electrons. The molecule has 5 heteroatoms. The molecule has 1 saturated heterocycles. The van der Waals surface area contributed by atoms with Crippen molar-refractivity contribution in [1.29, 1.82) is 0 Å². The molecule has 1 aromatic rings. The topological polar surface area (TPSA) is 52.7 Å². The van der Waals surface area contributed by atoms with Gasteiger partial charge in [0.1, 0.15) is 0 Å². The maximum Gasteiger partial charge on any atom is 0.227 e. The van der Waals surface area contributed by atoms with Gasteiger partial charge in [0.15, 0.2) is 0 Å². The molecule has 2 amide bonds. The molecule has 0 radical (unpaired) electrons. The summed E-state index contributed by atoms with van der Waals surface area (Å²) in [6.45, 7) is 9.65. The Morgan fingerprint density at radius 3 is 2.18 bits per heavy atom. The number of amides is 2. The number of benzene rings is 1. The zero-order valence-electron chi connectivity index (χ0n) is 17.9. The van der Waals surface area contributed by atoms with E-state index in [9.17, 15) is 9.59 Å². The maximum atomic E-state index is 12.5. The van der Waals surface area contributed by atoms with E-state index in [2.05, 4.69) is 43.1 Å². The van der Waals surface area contributed by atoms with Gasteiger partial charge >= 0.3 is 0 Å². The van der Waals surface area contributed by atoms with Crippen LogP contribution in [0.3, 0.4) is 0 Å². The van der Waals surface area contributed by atoms with Crippen molar-refractivity contribution in [3.63, 3.8) is 0 Å². The van der Waals surface area contributed by atoms with Crippen LogP contribution in [0.2, 0.25) is 0 Å². The van der Waals surface area contributed by atoms with Gasteiger partial charge in [-0.1, -0.05) is 40.0 Å². The van der Waals surface area contributed by atoms with Gasteiger partial charge in [-0.05, 0) is 43.5 Å². The average Bonchev–Trinajstić information content (AvgIpc) is 2.73. The highest BCUT2D eigenvalue weighted by molar-refractivity contribution is 5.92. The fraction of sp³-hybridized carbons (Fsp3) is 0.652. The number of rotatable bonds is 10. The van der Waals surface area contributed by atoms with E-state index in [-0.39, 0.29) is 17.7 Å². The first-order valence-corrected chi connectivity index (χ1v) is 11.0.